The minimum Gasteiger partial charge on any atom is -0.384 e. The van der Waals surface area contributed by atoms with E-state index in [0.717, 1.165) is 44.3 Å². The molecule has 2 aromatic heterocycles. The highest BCUT2D eigenvalue weighted by Gasteiger charge is 2.26. The van der Waals surface area contributed by atoms with Crippen LogP contribution in [0.15, 0.2) is 23.6 Å². The molecule has 1 aliphatic rings. The zero-order valence-electron chi connectivity index (χ0n) is 14.2. The Kier molecular flexibility index (Phi) is 5.65. The average molecular weight is 347 g/mol. The number of nitrogens with zero attached hydrogens (tertiary/aromatic N) is 3. The standard InChI is InChI=1S/C17H25N5OS/c1-3-16-20-15(18)9-17(21-16)19-10-13(14-5-4-8-24-14)22-6-7-23-12(2)11-22/h4-5,8-9,12-13H,3,6-7,10-11H2,1-2H3,(H3,18,19,20,21). The molecule has 3 heterocycles. The normalized spacial score (nSPS) is 20.0. The smallest absolute Gasteiger partial charge is 0.132 e. The highest BCUT2D eigenvalue weighted by molar-refractivity contribution is 7.10. The Hall–Kier alpha value is -1.70. The summed E-state index contributed by atoms with van der Waals surface area (Å²) in [6.45, 7) is 7.61. The molecule has 2 unspecified atom stereocenters. The number of nitrogens with two attached hydrogens (primary N) is 1. The lowest BCUT2D eigenvalue weighted by molar-refractivity contribution is -0.0322. The predicted molar refractivity (Wildman–Crippen MR) is 98.4 cm³/mol. The van der Waals surface area contributed by atoms with Crippen LogP contribution in [0.25, 0.3) is 0 Å². The lowest BCUT2D eigenvalue weighted by Crippen LogP contribution is -2.44. The van der Waals surface area contributed by atoms with Crippen LogP contribution in [-0.2, 0) is 11.2 Å². The molecular weight excluding hydrogens is 322 g/mol. The van der Waals surface area contributed by atoms with E-state index >= 15 is 0 Å². The second-order valence-corrected chi connectivity index (χ2v) is 7.02. The van der Waals surface area contributed by atoms with Crippen molar-refractivity contribution in [3.05, 3.63) is 34.3 Å². The maximum Gasteiger partial charge on any atom is 0.132 e. The number of morpholine rings is 1. The van der Waals surface area contributed by atoms with Gasteiger partial charge in [-0.3, -0.25) is 4.90 Å². The minimum atomic E-state index is 0.266. The summed E-state index contributed by atoms with van der Waals surface area (Å²) in [7, 11) is 0. The molecule has 6 nitrogen and oxygen atoms in total. The summed E-state index contributed by atoms with van der Waals surface area (Å²) in [6, 6.07) is 6.40. The number of hydrogen-bond donors (Lipinski definition) is 2. The van der Waals surface area contributed by atoms with Crippen molar-refractivity contribution in [2.75, 3.05) is 37.3 Å². The van der Waals surface area contributed by atoms with Gasteiger partial charge in [-0.05, 0) is 18.4 Å². The maximum absolute atomic E-state index is 5.88. The van der Waals surface area contributed by atoms with E-state index in [1.165, 1.54) is 4.88 Å². The van der Waals surface area contributed by atoms with Crippen LogP contribution in [0.1, 0.15) is 30.6 Å². The molecule has 0 spiro atoms. The van der Waals surface area contributed by atoms with Gasteiger partial charge in [0.1, 0.15) is 17.5 Å². The SMILES string of the molecule is CCc1nc(N)cc(NCC(c2cccs2)N2CCOC(C)C2)n1. The van der Waals surface area contributed by atoms with Crippen molar-refractivity contribution in [2.45, 2.75) is 32.4 Å². The summed E-state index contributed by atoms with van der Waals surface area (Å²) in [5, 5.41) is 5.58. The van der Waals surface area contributed by atoms with E-state index in [0.29, 0.717) is 11.9 Å². The van der Waals surface area contributed by atoms with Crippen molar-refractivity contribution in [1.82, 2.24) is 14.9 Å². The highest BCUT2D eigenvalue weighted by atomic mass is 32.1. The summed E-state index contributed by atoms with van der Waals surface area (Å²) >= 11 is 1.79. The van der Waals surface area contributed by atoms with E-state index in [-0.39, 0.29) is 6.10 Å². The Labute approximate surface area is 147 Å². The van der Waals surface area contributed by atoms with Crippen molar-refractivity contribution in [3.63, 3.8) is 0 Å². The molecule has 0 amide bonds. The summed E-state index contributed by atoms with van der Waals surface area (Å²) in [6.07, 6.45) is 1.04. The monoisotopic (exact) mass is 347 g/mol. The summed E-state index contributed by atoms with van der Waals surface area (Å²) < 4.78 is 5.69. The fraction of sp³-hybridized carbons (Fsp3) is 0.529. The molecule has 0 saturated carbocycles. The van der Waals surface area contributed by atoms with E-state index in [1.54, 1.807) is 17.4 Å². The molecule has 3 rings (SSSR count). The molecule has 1 aliphatic heterocycles. The zero-order valence-corrected chi connectivity index (χ0v) is 15.1. The molecule has 1 fully saturated rings. The van der Waals surface area contributed by atoms with Crippen molar-refractivity contribution in [1.29, 1.82) is 0 Å². The number of nitrogens with one attached hydrogen (secondary N) is 1. The molecule has 0 radical (unpaired) electrons. The van der Waals surface area contributed by atoms with Gasteiger partial charge in [0.15, 0.2) is 0 Å². The lowest BCUT2D eigenvalue weighted by Gasteiger charge is -2.37. The first-order valence-electron chi connectivity index (χ1n) is 8.42. The fourth-order valence-corrected chi connectivity index (χ4v) is 3.85. The molecular formula is C17H25N5OS. The van der Waals surface area contributed by atoms with Gasteiger partial charge in [-0.1, -0.05) is 13.0 Å². The van der Waals surface area contributed by atoms with Crippen LogP contribution in [0.3, 0.4) is 0 Å². The Morgan fingerprint density at radius 1 is 1.50 bits per heavy atom. The molecule has 2 aromatic rings. The average Bonchev–Trinajstić information content (AvgIpc) is 3.09. The first-order valence-corrected chi connectivity index (χ1v) is 9.30. The van der Waals surface area contributed by atoms with Gasteiger partial charge in [-0.2, -0.15) is 0 Å². The highest BCUT2D eigenvalue weighted by Crippen LogP contribution is 2.27. The number of aryl methyl sites for hydroxylation is 1. The Bertz CT molecular complexity index is 648. The Morgan fingerprint density at radius 3 is 3.08 bits per heavy atom. The Balaban J connectivity index is 1.74. The number of ether oxygens (including phenoxy) is 1. The van der Waals surface area contributed by atoms with E-state index in [2.05, 4.69) is 44.6 Å². The van der Waals surface area contributed by atoms with Crippen LogP contribution in [0.4, 0.5) is 11.6 Å². The largest absolute Gasteiger partial charge is 0.384 e. The van der Waals surface area contributed by atoms with Gasteiger partial charge in [-0.15, -0.1) is 11.3 Å². The van der Waals surface area contributed by atoms with E-state index in [9.17, 15) is 0 Å². The number of hydrogen-bond acceptors (Lipinski definition) is 7. The van der Waals surface area contributed by atoms with Crippen LogP contribution >= 0.6 is 11.3 Å². The lowest BCUT2D eigenvalue weighted by atomic mass is 10.1. The van der Waals surface area contributed by atoms with Crippen LogP contribution in [0, 0.1) is 0 Å². The van der Waals surface area contributed by atoms with Gasteiger partial charge in [0, 0.05) is 37.0 Å². The van der Waals surface area contributed by atoms with E-state index in [4.69, 9.17) is 10.5 Å². The second-order valence-electron chi connectivity index (χ2n) is 6.04. The summed E-state index contributed by atoms with van der Waals surface area (Å²) in [4.78, 5) is 12.6. The van der Waals surface area contributed by atoms with Crippen molar-refractivity contribution in [2.24, 2.45) is 0 Å². The molecule has 0 aromatic carbocycles. The number of anilines is 2. The van der Waals surface area contributed by atoms with Crippen molar-refractivity contribution in [3.8, 4) is 0 Å². The molecule has 130 valence electrons. The number of aromatic nitrogens is 2. The Morgan fingerprint density at radius 2 is 2.38 bits per heavy atom. The van der Waals surface area contributed by atoms with Gasteiger partial charge in [0.05, 0.1) is 18.8 Å². The predicted octanol–water partition coefficient (Wildman–Crippen LogP) is 2.56. The van der Waals surface area contributed by atoms with Crippen LogP contribution in [0.2, 0.25) is 0 Å². The van der Waals surface area contributed by atoms with Crippen LogP contribution in [-0.4, -0.2) is 47.2 Å². The maximum atomic E-state index is 5.88. The molecule has 7 heteroatoms. The van der Waals surface area contributed by atoms with Crippen LogP contribution < -0.4 is 11.1 Å². The van der Waals surface area contributed by atoms with Gasteiger partial charge in [-0.25, -0.2) is 9.97 Å². The second kappa shape index (κ2) is 7.92. The number of rotatable bonds is 6. The van der Waals surface area contributed by atoms with Gasteiger partial charge in [0.2, 0.25) is 0 Å². The summed E-state index contributed by atoms with van der Waals surface area (Å²) in [5.74, 6) is 2.07. The number of nitrogen functional groups attached to an aromatic ring is 1. The third-order valence-electron chi connectivity index (χ3n) is 4.17. The van der Waals surface area contributed by atoms with E-state index < -0.39 is 0 Å². The summed E-state index contributed by atoms with van der Waals surface area (Å²) in [5.41, 5.74) is 5.88. The zero-order chi connectivity index (χ0) is 16.9. The molecule has 2 atom stereocenters. The first kappa shape index (κ1) is 17.1. The van der Waals surface area contributed by atoms with E-state index in [1.807, 2.05) is 6.92 Å². The molecule has 3 N–H and O–H groups in total. The van der Waals surface area contributed by atoms with Crippen molar-refractivity contribution >= 4 is 23.0 Å². The quantitative estimate of drug-likeness (QED) is 0.836. The topological polar surface area (TPSA) is 76.3 Å². The van der Waals surface area contributed by atoms with Crippen molar-refractivity contribution < 1.29 is 4.74 Å². The van der Waals surface area contributed by atoms with Gasteiger partial charge < -0.3 is 15.8 Å². The third-order valence-corrected chi connectivity index (χ3v) is 5.14. The molecule has 24 heavy (non-hydrogen) atoms. The third kappa shape index (κ3) is 4.23. The molecule has 0 bridgehead atoms. The molecule has 1 saturated heterocycles. The minimum absolute atomic E-state index is 0.266. The fourth-order valence-electron chi connectivity index (χ4n) is 2.99. The number of thiophene rings is 1. The van der Waals surface area contributed by atoms with Gasteiger partial charge in [0.25, 0.3) is 0 Å². The molecule has 0 aliphatic carbocycles. The first-order chi connectivity index (χ1) is 11.7. The van der Waals surface area contributed by atoms with Gasteiger partial charge >= 0.3 is 0 Å². The van der Waals surface area contributed by atoms with Crippen LogP contribution in [0.5, 0.6) is 0 Å².